The minimum absolute atomic E-state index is 0.00384. The Kier molecular flexibility index (Phi) is 34.6. The van der Waals surface area contributed by atoms with Gasteiger partial charge in [-0.1, -0.05) is 198 Å². The van der Waals surface area contributed by atoms with Crippen LogP contribution < -0.4 is 4.74 Å². The van der Waals surface area contributed by atoms with Crippen LogP contribution in [-0.2, 0) is 47.7 Å². The molecule has 8 saturated carbocycles. The Labute approximate surface area is 644 Å². The molecular formula is C88H162O11Si5. The molecule has 16 heteroatoms. The zero-order valence-corrected chi connectivity index (χ0v) is 77.4. The Morgan fingerprint density at radius 2 is 0.769 bits per heavy atom. The number of fused-ring (bicyclic) bond motifs is 4. The first-order chi connectivity index (χ1) is 48.0. The van der Waals surface area contributed by atoms with Gasteiger partial charge in [-0.05, 0) is 263 Å². The lowest BCUT2D eigenvalue weighted by molar-refractivity contribution is -0.169. The molecule has 11 nitrogen and oxygen atoms in total. The molecule has 0 aromatic heterocycles. The Hall–Kier alpha value is -2.55. The minimum Gasteiger partial charge on any atom is -0.482 e. The van der Waals surface area contributed by atoms with Crippen molar-refractivity contribution < 1.29 is 52.4 Å². The number of carbonyl (C=O) groups excluding carboxylic acids is 5. The fourth-order valence-electron chi connectivity index (χ4n) is 19.8. The largest absolute Gasteiger partial charge is 0.482 e. The van der Waals surface area contributed by atoms with Crippen LogP contribution in [-0.4, -0.2) is 105 Å². The number of carbonyl (C=O) groups is 5. The number of esters is 5. The fraction of sp³-hybridized carbons (Fsp3) is 0.875. The average molecular weight is 1540 g/mol. The molecule has 104 heavy (non-hydrogen) atoms. The molecule has 0 saturated heterocycles. The summed E-state index contributed by atoms with van der Waals surface area (Å²) in [6.45, 7) is 61.5. The molecule has 13 unspecified atom stereocenters. The summed E-state index contributed by atoms with van der Waals surface area (Å²) in [6, 6.07) is 13.8. The third-order valence-electron chi connectivity index (χ3n) is 26.0. The standard InChI is InChI=1S/C22H36O3Si.C20H36O2Si.C19H34O2Si.C14H28O2Si.C13H28O2Si/c1-6-18(2)19-10-12-20(13-11-19)24-16-21(23)25-22(17-26(3,4)5)14-8-7-9-15-22;1-14-15(2)17-11-16(14)12-18(17)19(21)22-20(13-23(3,4)5)9-7-6-8-10-20;1-13-14(2)16-10-15(13)11-17(16)18(20)21-19(8-6-7-9-19)12-22(3,4)5;1-6-12(2)13(15)16-14(9-7-8-10-14)11-17(3,4)5;1-8-11(2)12(14)15-13(3,4)9-10-16(5,6)7/h10-13,18H,6-9,14-17H2,1-5H3;14-18H,6-13H2,1-5H3;13-17H,6-12H2,1-5H3;12H,6-11H2,1-5H3;11H,8-10H2,1-7H3. The smallest absolute Gasteiger partial charge is 0.344 e. The highest BCUT2D eigenvalue weighted by Crippen LogP contribution is 2.58. The molecule has 4 bridgehead atoms. The quantitative estimate of drug-likeness (QED) is 0.0472. The van der Waals surface area contributed by atoms with E-state index >= 15 is 0 Å². The van der Waals surface area contributed by atoms with Crippen molar-refractivity contribution in [1.82, 2.24) is 0 Å². The lowest BCUT2D eigenvalue weighted by Gasteiger charge is -2.42. The summed E-state index contributed by atoms with van der Waals surface area (Å²) in [7, 11) is -6.00. The summed E-state index contributed by atoms with van der Waals surface area (Å²) in [5.41, 5.74) is 0.433. The van der Waals surface area contributed by atoms with Gasteiger partial charge in [-0.2, -0.15) is 0 Å². The van der Waals surface area contributed by atoms with Gasteiger partial charge in [0.2, 0.25) is 0 Å². The Bertz CT molecular complexity index is 2790. The molecule has 8 aliphatic rings. The normalized spacial score (nSPS) is 27.5. The molecule has 0 heterocycles. The van der Waals surface area contributed by atoms with Gasteiger partial charge in [0.25, 0.3) is 0 Å². The van der Waals surface area contributed by atoms with Gasteiger partial charge in [-0.3, -0.25) is 19.2 Å². The zero-order valence-electron chi connectivity index (χ0n) is 72.4. The van der Waals surface area contributed by atoms with E-state index in [1.54, 1.807) is 0 Å². The summed E-state index contributed by atoms with van der Waals surface area (Å²) in [6.07, 6.45) is 29.4. The molecule has 600 valence electrons. The summed E-state index contributed by atoms with van der Waals surface area (Å²) >= 11 is 0. The van der Waals surface area contributed by atoms with Crippen LogP contribution in [0.1, 0.15) is 262 Å². The van der Waals surface area contributed by atoms with Crippen LogP contribution in [0.3, 0.4) is 0 Å². The van der Waals surface area contributed by atoms with E-state index in [1.807, 2.05) is 53.7 Å². The van der Waals surface area contributed by atoms with E-state index in [9.17, 15) is 24.0 Å². The zero-order chi connectivity index (χ0) is 78.2. The third-order valence-corrected chi connectivity index (χ3v) is 34.5. The highest BCUT2D eigenvalue weighted by molar-refractivity contribution is 6.77. The SMILES string of the molecule is CC1C2CC(C(=O)OC3(C[Si](C)(C)C)CCCC3)C(C2)C1C.CC1C2CC(C(=O)OC3(C[Si](C)(C)C)CCCCC3)C(C2)C1C.CCC(C)C(=O)OC(C)(C)CC[Si](C)(C)C.CCC(C)C(=O)OC1(C[Si](C)(C)C)CCCC1.CCC(C)c1ccc(OCC(=O)OC2(C[Si](C)(C)C)CCCCC2)cc1. The predicted octanol–water partition coefficient (Wildman–Crippen LogP) is 25.1. The molecule has 9 rings (SSSR count). The molecular weight excluding hydrogens is 1370 g/mol. The number of rotatable bonds is 27. The van der Waals surface area contributed by atoms with Crippen LogP contribution in [0.25, 0.3) is 0 Å². The molecule has 1 aromatic carbocycles. The molecule has 1 aromatic rings. The molecule has 13 atom stereocenters. The maximum absolute atomic E-state index is 13.0. The van der Waals surface area contributed by atoms with Gasteiger partial charge in [-0.25, -0.2) is 4.79 Å². The van der Waals surface area contributed by atoms with E-state index in [4.69, 9.17) is 28.4 Å². The van der Waals surface area contributed by atoms with Gasteiger partial charge in [0, 0.05) is 40.4 Å². The highest BCUT2D eigenvalue weighted by Gasteiger charge is 2.55. The van der Waals surface area contributed by atoms with Crippen molar-refractivity contribution in [3.63, 3.8) is 0 Å². The first-order valence-electron chi connectivity index (χ1n) is 42.9. The van der Waals surface area contributed by atoms with Crippen LogP contribution in [0.4, 0.5) is 0 Å². The molecule has 8 fully saturated rings. The maximum Gasteiger partial charge on any atom is 0.344 e. The molecule has 0 aliphatic heterocycles. The van der Waals surface area contributed by atoms with Crippen molar-refractivity contribution in [2.75, 3.05) is 6.61 Å². The van der Waals surface area contributed by atoms with Crippen molar-refractivity contribution in [2.24, 2.45) is 71.0 Å². The van der Waals surface area contributed by atoms with Gasteiger partial charge in [0.05, 0.1) is 23.7 Å². The summed E-state index contributed by atoms with van der Waals surface area (Å²) < 4.78 is 35.9. The lowest BCUT2D eigenvalue weighted by atomic mass is 9.75. The van der Waals surface area contributed by atoms with Gasteiger partial charge in [0.1, 0.15) is 33.8 Å². The van der Waals surface area contributed by atoms with E-state index in [1.165, 1.54) is 75.8 Å². The van der Waals surface area contributed by atoms with Crippen LogP contribution in [0.15, 0.2) is 24.3 Å². The van der Waals surface area contributed by atoms with Gasteiger partial charge < -0.3 is 28.4 Å². The van der Waals surface area contributed by atoms with Crippen LogP contribution >= 0.6 is 0 Å². The maximum atomic E-state index is 13.0. The molecule has 0 amide bonds. The minimum atomic E-state index is -1.31. The molecule has 0 N–H and O–H groups in total. The predicted molar refractivity (Wildman–Crippen MR) is 450 cm³/mol. The Morgan fingerprint density at radius 3 is 1.09 bits per heavy atom. The second-order valence-corrected chi connectivity index (χ2v) is 69.9. The number of benzene rings is 1. The molecule has 0 radical (unpaired) electrons. The Balaban J connectivity index is 0.000000236. The molecule has 0 spiro atoms. The summed E-state index contributed by atoms with van der Waals surface area (Å²) in [4.78, 5) is 62.2. The third kappa shape index (κ3) is 29.6. The van der Waals surface area contributed by atoms with Gasteiger partial charge in [0.15, 0.2) is 6.61 Å². The van der Waals surface area contributed by atoms with Gasteiger partial charge in [-0.15, -0.1) is 0 Å². The van der Waals surface area contributed by atoms with Crippen molar-refractivity contribution in [2.45, 2.75) is 412 Å². The first kappa shape index (κ1) is 92.1. The lowest BCUT2D eigenvalue weighted by Crippen LogP contribution is -2.45. The second-order valence-electron chi connectivity index (χ2n) is 42.4. The van der Waals surface area contributed by atoms with Crippen molar-refractivity contribution in [1.29, 1.82) is 0 Å². The monoisotopic (exact) mass is 1540 g/mol. The van der Waals surface area contributed by atoms with Gasteiger partial charge >= 0.3 is 29.8 Å². The van der Waals surface area contributed by atoms with Crippen molar-refractivity contribution in [3.8, 4) is 5.75 Å². The second kappa shape index (κ2) is 39.1. The van der Waals surface area contributed by atoms with Crippen molar-refractivity contribution >= 4 is 70.2 Å². The van der Waals surface area contributed by atoms with Crippen LogP contribution in [0.2, 0.25) is 128 Å². The Morgan fingerprint density at radius 1 is 0.433 bits per heavy atom. The van der Waals surface area contributed by atoms with E-state index in [-0.39, 0.29) is 88.1 Å². The molecule has 8 aliphatic carbocycles. The first-order valence-corrected chi connectivity index (χ1v) is 61.4. The van der Waals surface area contributed by atoms with E-state index in [0.717, 1.165) is 156 Å². The summed E-state index contributed by atoms with van der Waals surface area (Å²) in [5, 5.41) is 0. The van der Waals surface area contributed by atoms with E-state index < -0.39 is 40.4 Å². The van der Waals surface area contributed by atoms with E-state index in [0.29, 0.717) is 29.6 Å². The highest BCUT2D eigenvalue weighted by atomic mass is 28.3. The van der Waals surface area contributed by atoms with Crippen LogP contribution in [0, 0.1) is 71.0 Å². The number of hydrogen-bond acceptors (Lipinski definition) is 11. The topological polar surface area (TPSA) is 141 Å². The fourth-order valence-corrected chi connectivity index (χ4v) is 30.6. The average Bonchev–Trinajstić information content (AvgIpc) is 1.61. The number of ether oxygens (including phenoxy) is 6. The van der Waals surface area contributed by atoms with E-state index in [2.05, 4.69) is 152 Å². The van der Waals surface area contributed by atoms with Crippen molar-refractivity contribution in [3.05, 3.63) is 29.8 Å². The summed E-state index contributed by atoms with van der Waals surface area (Å²) in [5.74, 6) is 7.55. The van der Waals surface area contributed by atoms with Crippen LogP contribution in [0.5, 0.6) is 5.75 Å². The number of hydrogen-bond donors (Lipinski definition) is 0.